The van der Waals surface area contributed by atoms with E-state index in [4.69, 9.17) is 0 Å². The number of rotatable bonds is 7. The van der Waals surface area contributed by atoms with Crippen molar-refractivity contribution < 1.29 is 14.3 Å². The summed E-state index contributed by atoms with van der Waals surface area (Å²) in [5.74, 6) is -0.564. The summed E-state index contributed by atoms with van der Waals surface area (Å²) in [6.07, 6.45) is 7.41. The number of H-pyrrole nitrogens is 2. The Bertz CT molecular complexity index is 1250. The highest BCUT2D eigenvalue weighted by Crippen LogP contribution is 2.30. The van der Waals surface area contributed by atoms with Crippen LogP contribution in [-0.2, 0) is 6.42 Å². The Labute approximate surface area is 186 Å². The van der Waals surface area contributed by atoms with Crippen molar-refractivity contribution in [3.05, 3.63) is 71.3 Å². The third-order valence-electron chi connectivity index (χ3n) is 6.82. The van der Waals surface area contributed by atoms with Crippen LogP contribution in [0, 0.1) is 5.82 Å². The molecule has 1 fully saturated rings. The Kier molecular flexibility index (Phi) is 5.70. The van der Waals surface area contributed by atoms with E-state index < -0.39 is 5.97 Å². The van der Waals surface area contributed by atoms with Crippen molar-refractivity contribution in [2.45, 2.75) is 38.0 Å². The summed E-state index contributed by atoms with van der Waals surface area (Å²) in [5.41, 5.74) is 4.76. The van der Waals surface area contributed by atoms with Crippen molar-refractivity contribution in [3.63, 3.8) is 0 Å². The zero-order valence-corrected chi connectivity index (χ0v) is 18.0. The van der Waals surface area contributed by atoms with Gasteiger partial charge in [0.15, 0.2) is 0 Å². The van der Waals surface area contributed by atoms with E-state index in [1.807, 2.05) is 18.3 Å². The first kappa shape index (κ1) is 20.8. The van der Waals surface area contributed by atoms with Gasteiger partial charge >= 0.3 is 5.97 Å². The van der Waals surface area contributed by atoms with Gasteiger partial charge in [-0.3, -0.25) is 0 Å². The number of unbranched alkanes of at least 4 members (excludes halogenated alkanes) is 1. The lowest BCUT2D eigenvalue weighted by molar-refractivity contribution is 0.0697. The van der Waals surface area contributed by atoms with Crippen LogP contribution in [0.15, 0.2) is 48.7 Å². The van der Waals surface area contributed by atoms with Crippen LogP contribution in [0.2, 0.25) is 0 Å². The van der Waals surface area contributed by atoms with Gasteiger partial charge in [-0.05, 0) is 99.8 Å². The number of piperidine rings is 1. The minimum absolute atomic E-state index is 0.187. The van der Waals surface area contributed by atoms with E-state index in [2.05, 4.69) is 20.9 Å². The predicted molar refractivity (Wildman–Crippen MR) is 125 cm³/mol. The van der Waals surface area contributed by atoms with Gasteiger partial charge in [0.2, 0.25) is 0 Å². The number of carboxylic acid groups (broad SMARTS) is 1. The Balaban J connectivity index is 1.10. The number of aromatic carboxylic acids is 1. The highest BCUT2D eigenvalue weighted by atomic mass is 19.1. The quantitative estimate of drug-likeness (QED) is 0.328. The second kappa shape index (κ2) is 8.79. The van der Waals surface area contributed by atoms with Gasteiger partial charge in [0, 0.05) is 39.6 Å². The number of aromatic amines is 2. The van der Waals surface area contributed by atoms with Crippen molar-refractivity contribution in [2.75, 3.05) is 19.6 Å². The summed E-state index contributed by atoms with van der Waals surface area (Å²) in [5, 5.41) is 11.2. The zero-order chi connectivity index (χ0) is 22.1. The standard InChI is InChI=1S/C26H28FN3O2/c27-21-5-7-23-20(13-21)15-25(29-23)17-8-11-30(12-9-17)10-2-1-3-19-16-28-24-6-4-18(26(31)32)14-22(19)24/h4-7,13-17,28-29H,1-3,8-12H2,(H,31,32). The number of nitrogens with zero attached hydrogens (tertiary/aromatic N) is 1. The molecule has 0 aliphatic carbocycles. The average molecular weight is 434 g/mol. The van der Waals surface area contributed by atoms with Crippen molar-refractivity contribution in [2.24, 2.45) is 0 Å². The van der Waals surface area contributed by atoms with Crippen molar-refractivity contribution >= 4 is 27.8 Å². The average Bonchev–Trinajstić information content (AvgIpc) is 3.40. The number of likely N-dealkylation sites (tertiary alicyclic amines) is 1. The molecule has 5 rings (SSSR count). The molecule has 6 heteroatoms. The summed E-state index contributed by atoms with van der Waals surface area (Å²) >= 11 is 0. The Morgan fingerprint density at radius 3 is 2.69 bits per heavy atom. The van der Waals surface area contributed by atoms with E-state index in [1.165, 1.54) is 17.3 Å². The molecule has 0 radical (unpaired) electrons. The molecule has 0 saturated carbocycles. The highest BCUT2D eigenvalue weighted by molar-refractivity contribution is 5.94. The molecule has 0 unspecified atom stereocenters. The van der Waals surface area contributed by atoms with E-state index in [-0.39, 0.29) is 5.82 Å². The van der Waals surface area contributed by atoms with Gasteiger partial charge in [-0.2, -0.15) is 0 Å². The van der Waals surface area contributed by atoms with Gasteiger partial charge in [-0.25, -0.2) is 9.18 Å². The van der Waals surface area contributed by atoms with Crippen molar-refractivity contribution in [3.8, 4) is 0 Å². The maximum absolute atomic E-state index is 13.5. The lowest BCUT2D eigenvalue weighted by Gasteiger charge is -2.31. The summed E-state index contributed by atoms with van der Waals surface area (Å²) in [7, 11) is 0. The monoisotopic (exact) mass is 433 g/mol. The molecular formula is C26H28FN3O2. The number of aromatic nitrogens is 2. The molecule has 1 aliphatic heterocycles. The summed E-state index contributed by atoms with van der Waals surface area (Å²) < 4.78 is 13.5. The third kappa shape index (κ3) is 4.28. The van der Waals surface area contributed by atoms with Crippen LogP contribution >= 0.6 is 0 Å². The molecule has 3 N–H and O–H groups in total. The van der Waals surface area contributed by atoms with Crippen LogP contribution in [0.5, 0.6) is 0 Å². The van der Waals surface area contributed by atoms with Crippen molar-refractivity contribution in [1.82, 2.24) is 14.9 Å². The second-order valence-corrected chi connectivity index (χ2v) is 8.91. The van der Waals surface area contributed by atoms with Gasteiger partial charge in [0.25, 0.3) is 0 Å². The fourth-order valence-electron chi connectivity index (χ4n) is 4.98. The topological polar surface area (TPSA) is 72.1 Å². The van der Waals surface area contributed by atoms with Gasteiger partial charge in [-0.1, -0.05) is 0 Å². The van der Waals surface area contributed by atoms with E-state index >= 15 is 0 Å². The highest BCUT2D eigenvalue weighted by Gasteiger charge is 2.21. The van der Waals surface area contributed by atoms with Crippen LogP contribution in [-0.4, -0.2) is 45.6 Å². The number of aryl methyl sites for hydroxylation is 1. The number of carboxylic acids is 1. The molecule has 32 heavy (non-hydrogen) atoms. The SMILES string of the molecule is O=C(O)c1ccc2[nH]cc(CCCCN3CCC(c4cc5cc(F)ccc5[nH]4)CC3)c2c1. The Morgan fingerprint density at radius 2 is 1.88 bits per heavy atom. The summed E-state index contributed by atoms with van der Waals surface area (Å²) in [6, 6.07) is 12.3. The molecule has 0 atom stereocenters. The smallest absolute Gasteiger partial charge is 0.335 e. The molecule has 166 valence electrons. The van der Waals surface area contributed by atoms with Gasteiger partial charge in [0.1, 0.15) is 5.82 Å². The van der Waals surface area contributed by atoms with E-state index in [0.717, 1.165) is 73.5 Å². The number of halogens is 1. The first-order valence-corrected chi connectivity index (χ1v) is 11.4. The minimum atomic E-state index is -0.887. The summed E-state index contributed by atoms with van der Waals surface area (Å²) in [4.78, 5) is 20.5. The van der Waals surface area contributed by atoms with Crippen LogP contribution in [0.1, 0.15) is 53.2 Å². The van der Waals surface area contributed by atoms with E-state index in [0.29, 0.717) is 11.5 Å². The fourth-order valence-corrected chi connectivity index (χ4v) is 4.98. The molecule has 3 heterocycles. The molecule has 5 nitrogen and oxygen atoms in total. The number of nitrogens with one attached hydrogen (secondary N) is 2. The second-order valence-electron chi connectivity index (χ2n) is 8.91. The van der Waals surface area contributed by atoms with Gasteiger partial charge in [-0.15, -0.1) is 0 Å². The summed E-state index contributed by atoms with van der Waals surface area (Å²) in [6.45, 7) is 3.26. The molecule has 2 aromatic heterocycles. The molecule has 4 aromatic rings. The largest absolute Gasteiger partial charge is 0.478 e. The first-order chi connectivity index (χ1) is 15.6. The number of benzene rings is 2. The maximum atomic E-state index is 13.5. The Hall–Kier alpha value is -3.12. The Morgan fingerprint density at radius 1 is 1.06 bits per heavy atom. The van der Waals surface area contributed by atoms with Crippen LogP contribution in [0.3, 0.4) is 0 Å². The van der Waals surface area contributed by atoms with Crippen LogP contribution in [0.4, 0.5) is 4.39 Å². The molecule has 1 aliphatic rings. The molecule has 0 amide bonds. The molecule has 0 bridgehead atoms. The maximum Gasteiger partial charge on any atom is 0.335 e. The molecular weight excluding hydrogens is 405 g/mol. The van der Waals surface area contributed by atoms with Crippen LogP contribution < -0.4 is 0 Å². The number of hydrogen-bond donors (Lipinski definition) is 3. The first-order valence-electron chi connectivity index (χ1n) is 11.4. The third-order valence-corrected chi connectivity index (χ3v) is 6.82. The molecule has 2 aromatic carbocycles. The zero-order valence-electron chi connectivity index (χ0n) is 18.0. The van der Waals surface area contributed by atoms with E-state index in [1.54, 1.807) is 18.2 Å². The number of hydrogen-bond acceptors (Lipinski definition) is 2. The lowest BCUT2D eigenvalue weighted by Crippen LogP contribution is -2.33. The number of fused-ring (bicyclic) bond motifs is 2. The minimum Gasteiger partial charge on any atom is -0.478 e. The lowest BCUT2D eigenvalue weighted by atomic mass is 9.93. The predicted octanol–water partition coefficient (Wildman–Crippen LogP) is 5.69. The fraction of sp³-hybridized carbons (Fsp3) is 0.346. The van der Waals surface area contributed by atoms with Gasteiger partial charge in [0.05, 0.1) is 5.56 Å². The normalized spacial score (nSPS) is 15.7. The number of carbonyl (C=O) groups is 1. The molecule has 1 saturated heterocycles. The molecule has 0 spiro atoms. The van der Waals surface area contributed by atoms with E-state index in [9.17, 15) is 14.3 Å². The van der Waals surface area contributed by atoms with Gasteiger partial charge < -0.3 is 20.0 Å². The van der Waals surface area contributed by atoms with Crippen molar-refractivity contribution in [1.29, 1.82) is 0 Å². The van der Waals surface area contributed by atoms with Crippen LogP contribution in [0.25, 0.3) is 21.8 Å².